The first-order valence-electron chi connectivity index (χ1n) is 11.6. The Morgan fingerprint density at radius 3 is 2.42 bits per heavy atom. The molecule has 3 aromatic carbocycles. The van der Waals surface area contributed by atoms with Gasteiger partial charge in [-0.25, -0.2) is 0 Å². The van der Waals surface area contributed by atoms with E-state index >= 15 is 0 Å². The molecule has 0 bridgehead atoms. The first kappa shape index (κ1) is 25.3. The minimum Gasteiger partial charge on any atom is -0.507 e. The number of aliphatic hydroxyl groups excluding tert-OH is 1. The number of ether oxygens (including phenoxy) is 2. The number of amides is 1. The SMILES string of the molecule is COc1ccc(Cl)cc1/C(O)=C1\C(=O)C(=O)N(c2ccc(C)c(C)c2)C1c1cccc(OC(C)C)c1. The van der Waals surface area contributed by atoms with Crippen LogP contribution in [0.4, 0.5) is 5.69 Å². The maximum atomic E-state index is 13.5. The molecule has 6 nitrogen and oxygen atoms in total. The van der Waals surface area contributed by atoms with E-state index in [1.54, 1.807) is 36.4 Å². The molecule has 0 spiro atoms. The molecule has 0 aromatic heterocycles. The molecule has 186 valence electrons. The number of benzene rings is 3. The predicted molar refractivity (Wildman–Crippen MR) is 141 cm³/mol. The van der Waals surface area contributed by atoms with Gasteiger partial charge in [0, 0.05) is 10.7 Å². The molecule has 36 heavy (non-hydrogen) atoms. The van der Waals surface area contributed by atoms with Crippen molar-refractivity contribution in [2.75, 3.05) is 12.0 Å². The van der Waals surface area contributed by atoms with Gasteiger partial charge in [0.25, 0.3) is 11.7 Å². The van der Waals surface area contributed by atoms with Crippen LogP contribution in [-0.2, 0) is 9.59 Å². The molecule has 0 saturated carbocycles. The van der Waals surface area contributed by atoms with Crippen LogP contribution < -0.4 is 14.4 Å². The Labute approximate surface area is 215 Å². The third-order valence-electron chi connectivity index (χ3n) is 6.18. The van der Waals surface area contributed by atoms with Crippen LogP contribution in [0.3, 0.4) is 0 Å². The maximum Gasteiger partial charge on any atom is 0.300 e. The second-order valence-corrected chi connectivity index (χ2v) is 9.46. The Bertz CT molecular complexity index is 1380. The fraction of sp³-hybridized carbons (Fsp3) is 0.241. The van der Waals surface area contributed by atoms with Crippen LogP contribution >= 0.6 is 11.6 Å². The Kier molecular flexibility index (Phi) is 7.09. The number of hydrogen-bond donors (Lipinski definition) is 1. The van der Waals surface area contributed by atoms with E-state index in [1.165, 1.54) is 18.1 Å². The van der Waals surface area contributed by atoms with Crippen LogP contribution in [0.2, 0.25) is 5.02 Å². The molecule has 1 aliphatic heterocycles. The Balaban J connectivity index is 1.99. The summed E-state index contributed by atoms with van der Waals surface area (Å²) in [6, 6.07) is 16.6. The van der Waals surface area contributed by atoms with Crippen molar-refractivity contribution < 1.29 is 24.2 Å². The summed E-state index contributed by atoms with van der Waals surface area (Å²) in [5, 5.41) is 11.8. The molecule has 1 atom stereocenters. The molecule has 1 fully saturated rings. The number of rotatable bonds is 6. The lowest BCUT2D eigenvalue weighted by Crippen LogP contribution is -2.29. The highest BCUT2D eigenvalue weighted by Gasteiger charge is 2.47. The summed E-state index contributed by atoms with van der Waals surface area (Å²) in [6.07, 6.45) is -0.0675. The van der Waals surface area contributed by atoms with Gasteiger partial charge in [0.05, 0.1) is 30.4 Å². The normalized spacial score (nSPS) is 17.1. The van der Waals surface area contributed by atoms with E-state index in [1.807, 2.05) is 45.9 Å². The van der Waals surface area contributed by atoms with Gasteiger partial charge in [-0.15, -0.1) is 0 Å². The summed E-state index contributed by atoms with van der Waals surface area (Å²) in [6.45, 7) is 7.75. The lowest BCUT2D eigenvalue weighted by Gasteiger charge is -2.26. The number of ketones is 1. The van der Waals surface area contributed by atoms with Gasteiger partial charge in [0.15, 0.2) is 0 Å². The van der Waals surface area contributed by atoms with Crippen LogP contribution in [0, 0.1) is 13.8 Å². The Morgan fingerprint density at radius 2 is 1.75 bits per heavy atom. The standard InChI is InChI=1S/C29H28ClNO5/c1-16(2)36-22-8-6-7-19(14-22)26-25(27(32)23-15-20(30)10-12-24(23)35-5)28(33)29(34)31(26)21-11-9-17(3)18(4)13-21/h6-16,26,32H,1-5H3/b27-25+. The summed E-state index contributed by atoms with van der Waals surface area (Å²) in [5.74, 6) is -0.980. The molecule has 0 radical (unpaired) electrons. The first-order valence-corrected chi connectivity index (χ1v) is 12.0. The average molecular weight is 506 g/mol. The zero-order chi connectivity index (χ0) is 26.1. The molecule has 4 rings (SSSR count). The predicted octanol–water partition coefficient (Wildman–Crippen LogP) is 6.38. The number of carbonyl (C=O) groups is 2. The number of hydrogen-bond acceptors (Lipinski definition) is 5. The van der Waals surface area contributed by atoms with E-state index < -0.39 is 17.7 Å². The van der Waals surface area contributed by atoms with Gasteiger partial charge < -0.3 is 14.6 Å². The topological polar surface area (TPSA) is 76.1 Å². The zero-order valence-electron chi connectivity index (χ0n) is 20.8. The van der Waals surface area contributed by atoms with Crippen LogP contribution in [0.15, 0.2) is 66.2 Å². The maximum absolute atomic E-state index is 13.5. The van der Waals surface area contributed by atoms with Crippen molar-refractivity contribution in [1.29, 1.82) is 0 Å². The van der Waals surface area contributed by atoms with Crippen molar-refractivity contribution in [2.45, 2.75) is 39.8 Å². The molecule has 1 amide bonds. The van der Waals surface area contributed by atoms with E-state index in [4.69, 9.17) is 21.1 Å². The molecule has 3 aromatic rings. The minimum absolute atomic E-state index is 0.0551. The molecular weight excluding hydrogens is 478 g/mol. The fourth-order valence-electron chi connectivity index (χ4n) is 4.33. The van der Waals surface area contributed by atoms with Crippen LogP contribution in [-0.4, -0.2) is 30.0 Å². The van der Waals surface area contributed by atoms with Crippen molar-refractivity contribution in [2.24, 2.45) is 0 Å². The number of nitrogens with zero attached hydrogens (tertiary/aromatic N) is 1. The number of halogens is 1. The van der Waals surface area contributed by atoms with Crippen LogP contribution in [0.5, 0.6) is 11.5 Å². The molecule has 0 aliphatic carbocycles. The van der Waals surface area contributed by atoms with Gasteiger partial charge in [-0.3, -0.25) is 14.5 Å². The number of anilines is 1. The highest BCUT2D eigenvalue weighted by atomic mass is 35.5. The Morgan fingerprint density at radius 1 is 1.00 bits per heavy atom. The second-order valence-electron chi connectivity index (χ2n) is 9.02. The lowest BCUT2D eigenvalue weighted by atomic mass is 9.94. The van der Waals surface area contributed by atoms with Gasteiger partial charge >= 0.3 is 0 Å². The summed E-state index contributed by atoms with van der Waals surface area (Å²) in [7, 11) is 1.46. The second kappa shape index (κ2) is 10.1. The third kappa shape index (κ3) is 4.69. The van der Waals surface area contributed by atoms with Gasteiger partial charge in [-0.2, -0.15) is 0 Å². The average Bonchev–Trinajstić information content (AvgIpc) is 3.10. The molecule has 1 unspecified atom stereocenters. The molecule has 7 heteroatoms. The van der Waals surface area contributed by atoms with Crippen molar-refractivity contribution >= 4 is 34.7 Å². The molecule has 1 N–H and O–H groups in total. The van der Waals surface area contributed by atoms with Crippen molar-refractivity contribution in [3.8, 4) is 11.5 Å². The lowest BCUT2D eigenvalue weighted by molar-refractivity contribution is -0.132. The first-order chi connectivity index (χ1) is 17.1. The van der Waals surface area contributed by atoms with E-state index in [0.717, 1.165) is 11.1 Å². The number of aliphatic hydroxyl groups is 1. The van der Waals surface area contributed by atoms with Gasteiger partial charge in [-0.05, 0) is 86.8 Å². The highest BCUT2D eigenvalue weighted by molar-refractivity contribution is 6.51. The van der Waals surface area contributed by atoms with E-state index in [-0.39, 0.29) is 23.0 Å². The van der Waals surface area contributed by atoms with Crippen LogP contribution in [0.1, 0.15) is 42.1 Å². The molecular formula is C29H28ClNO5. The summed E-state index contributed by atoms with van der Waals surface area (Å²) < 4.78 is 11.3. The van der Waals surface area contributed by atoms with Crippen LogP contribution in [0.25, 0.3) is 5.76 Å². The van der Waals surface area contributed by atoms with E-state index in [9.17, 15) is 14.7 Å². The smallest absolute Gasteiger partial charge is 0.300 e. The minimum atomic E-state index is -0.897. The van der Waals surface area contributed by atoms with Gasteiger partial charge in [0.1, 0.15) is 17.3 Å². The van der Waals surface area contributed by atoms with Crippen molar-refractivity contribution in [1.82, 2.24) is 0 Å². The third-order valence-corrected chi connectivity index (χ3v) is 6.41. The highest BCUT2D eigenvalue weighted by Crippen LogP contribution is 2.44. The van der Waals surface area contributed by atoms with Crippen molar-refractivity contribution in [3.63, 3.8) is 0 Å². The summed E-state index contributed by atoms with van der Waals surface area (Å²) in [4.78, 5) is 28.4. The number of Topliss-reactive ketones (excluding diaryl/α,β-unsaturated/α-hetero) is 1. The van der Waals surface area contributed by atoms with Gasteiger partial charge in [0.2, 0.25) is 0 Å². The number of aryl methyl sites for hydroxylation is 2. The zero-order valence-corrected chi connectivity index (χ0v) is 21.6. The summed E-state index contributed by atoms with van der Waals surface area (Å²) >= 11 is 6.20. The van der Waals surface area contributed by atoms with E-state index in [2.05, 4.69) is 0 Å². The molecule has 1 aliphatic rings. The monoisotopic (exact) mass is 505 g/mol. The molecule has 1 saturated heterocycles. The fourth-order valence-corrected chi connectivity index (χ4v) is 4.50. The van der Waals surface area contributed by atoms with Crippen molar-refractivity contribution in [3.05, 3.63) is 93.5 Å². The van der Waals surface area contributed by atoms with E-state index in [0.29, 0.717) is 27.8 Å². The number of methoxy groups -OCH3 is 1. The van der Waals surface area contributed by atoms with Gasteiger partial charge in [-0.1, -0.05) is 29.8 Å². The largest absolute Gasteiger partial charge is 0.507 e. The summed E-state index contributed by atoms with van der Waals surface area (Å²) in [5.41, 5.74) is 3.37. The molecule has 1 heterocycles. The Hall–Kier alpha value is -3.77. The number of carbonyl (C=O) groups excluding carboxylic acids is 2. The quantitative estimate of drug-likeness (QED) is 0.239.